The van der Waals surface area contributed by atoms with Gasteiger partial charge in [0.1, 0.15) is 23.3 Å². The Morgan fingerprint density at radius 3 is 2.37 bits per heavy atom. The molecule has 0 radical (unpaired) electrons. The van der Waals surface area contributed by atoms with Gasteiger partial charge in [-0.15, -0.1) is 0 Å². The van der Waals surface area contributed by atoms with E-state index in [9.17, 15) is 36.0 Å². The Bertz CT molecular complexity index is 2030. The van der Waals surface area contributed by atoms with E-state index in [-0.39, 0.29) is 46.0 Å². The summed E-state index contributed by atoms with van der Waals surface area (Å²) >= 11 is 0. The predicted molar refractivity (Wildman–Crippen MR) is 181 cm³/mol. The smallest absolute Gasteiger partial charge is 0.435 e. The molecular weight excluding hydrogens is 696 g/mol. The van der Waals surface area contributed by atoms with E-state index >= 15 is 4.39 Å². The van der Waals surface area contributed by atoms with Crippen LogP contribution in [0.4, 0.5) is 23.2 Å². The number of alkyl halides is 3. The Hall–Kier alpha value is -5.29. The first-order valence-electron chi connectivity index (χ1n) is 15.6. The lowest BCUT2D eigenvalue weighted by Crippen LogP contribution is -2.47. The summed E-state index contributed by atoms with van der Waals surface area (Å²) in [5.74, 6) is -3.48. The molecule has 3 aromatic carbocycles. The van der Waals surface area contributed by atoms with Crippen LogP contribution in [0.5, 0.6) is 5.75 Å². The number of carbonyl (C=O) groups excluding carboxylic acids is 3. The Morgan fingerprint density at radius 1 is 1.02 bits per heavy atom. The Morgan fingerprint density at radius 2 is 1.75 bits per heavy atom. The average molecular weight is 733 g/mol. The molecule has 1 atom stereocenters. The van der Waals surface area contributed by atoms with Gasteiger partial charge < -0.3 is 26.4 Å². The predicted octanol–water partition coefficient (Wildman–Crippen LogP) is 4.73. The van der Waals surface area contributed by atoms with E-state index in [2.05, 4.69) is 21.0 Å². The lowest BCUT2D eigenvalue weighted by atomic mass is 10.0. The summed E-state index contributed by atoms with van der Waals surface area (Å²) in [7, 11) is -2.39. The Labute approximate surface area is 291 Å². The molecule has 0 unspecified atom stereocenters. The Kier molecular flexibility index (Phi) is 12.2. The van der Waals surface area contributed by atoms with Gasteiger partial charge in [-0.2, -0.15) is 18.3 Å². The fourth-order valence-electron chi connectivity index (χ4n) is 5.07. The number of nitrogens with two attached hydrogens (primary N) is 1. The first kappa shape index (κ1) is 38.5. The summed E-state index contributed by atoms with van der Waals surface area (Å²) < 4.78 is 87.7. The number of amides is 3. The number of anilines is 1. The van der Waals surface area contributed by atoms with E-state index < -0.39 is 62.7 Å². The third-order valence-corrected chi connectivity index (χ3v) is 8.75. The number of benzene rings is 3. The van der Waals surface area contributed by atoms with Gasteiger partial charge in [0.05, 0.1) is 28.9 Å². The fraction of sp³-hybridized carbons (Fsp3) is 0.294. The summed E-state index contributed by atoms with van der Waals surface area (Å²) in [6, 6.07) is 12.5. The topological polar surface area (TPSA) is 175 Å². The van der Waals surface area contributed by atoms with Crippen molar-refractivity contribution in [2.75, 3.05) is 31.8 Å². The van der Waals surface area contributed by atoms with Crippen LogP contribution >= 0.6 is 0 Å². The number of sulfone groups is 1. The molecule has 0 saturated carbocycles. The molecule has 0 fully saturated rings. The maximum Gasteiger partial charge on any atom is 0.435 e. The van der Waals surface area contributed by atoms with Crippen LogP contribution in [-0.4, -0.2) is 68.4 Å². The molecule has 1 aromatic heterocycles. The van der Waals surface area contributed by atoms with Gasteiger partial charge in [0.25, 0.3) is 11.8 Å². The number of nitrogens with one attached hydrogen (secondary N) is 3. The zero-order valence-corrected chi connectivity index (χ0v) is 28.6. The van der Waals surface area contributed by atoms with Gasteiger partial charge >= 0.3 is 6.18 Å². The maximum atomic E-state index is 15.4. The molecule has 0 bridgehead atoms. The lowest BCUT2D eigenvalue weighted by Gasteiger charge is -2.20. The van der Waals surface area contributed by atoms with E-state index in [0.29, 0.717) is 30.1 Å². The highest BCUT2D eigenvalue weighted by atomic mass is 32.2. The van der Waals surface area contributed by atoms with Gasteiger partial charge in [-0.3, -0.25) is 14.4 Å². The lowest BCUT2D eigenvalue weighted by molar-refractivity contribution is -0.141. The van der Waals surface area contributed by atoms with Crippen LogP contribution in [0.2, 0.25) is 0 Å². The molecule has 12 nitrogen and oxygen atoms in total. The van der Waals surface area contributed by atoms with E-state index in [1.165, 1.54) is 49.6 Å². The van der Waals surface area contributed by atoms with Crippen molar-refractivity contribution in [1.29, 1.82) is 0 Å². The van der Waals surface area contributed by atoms with E-state index in [1.807, 2.05) is 6.92 Å². The molecule has 17 heteroatoms. The van der Waals surface area contributed by atoms with Gasteiger partial charge in [0, 0.05) is 24.4 Å². The first-order chi connectivity index (χ1) is 24.1. The number of halogens is 4. The molecule has 0 aliphatic carbocycles. The average Bonchev–Trinajstić information content (AvgIpc) is 3.55. The highest BCUT2D eigenvalue weighted by molar-refractivity contribution is 7.90. The summed E-state index contributed by atoms with van der Waals surface area (Å²) in [6.45, 7) is 2.40. The van der Waals surface area contributed by atoms with Crippen molar-refractivity contribution in [3.05, 3.63) is 89.5 Å². The van der Waals surface area contributed by atoms with Crippen molar-refractivity contribution in [2.45, 2.75) is 43.3 Å². The number of nitrogens with zero attached hydrogens (tertiary/aromatic N) is 2. The molecule has 1 heterocycles. The van der Waals surface area contributed by atoms with Crippen LogP contribution in [-0.2, 0) is 20.8 Å². The van der Waals surface area contributed by atoms with Gasteiger partial charge in [0.2, 0.25) is 5.91 Å². The number of methoxy groups -OCH3 is 1. The van der Waals surface area contributed by atoms with Crippen molar-refractivity contribution >= 4 is 33.2 Å². The first-order valence-corrected chi connectivity index (χ1v) is 17.5. The maximum absolute atomic E-state index is 15.4. The number of carbonyl (C=O) groups is 3. The van der Waals surface area contributed by atoms with Crippen molar-refractivity contribution in [1.82, 2.24) is 20.4 Å². The van der Waals surface area contributed by atoms with Crippen LogP contribution < -0.4 is 26.4 Å². The zero-order valence-electron chi connectivity index (χ0n) is 27.8. The van der Waals surface area contributed by atoms with Crippen LogP contribution in [0.3, 0.4) is 0 Å². The molecular formula is C34H36F4N6O6S. The molecule has 5 N–H and O–H groups in total. The molecule has 0 spiro atoms. The monoisotopic (exact) mass is 732 g/mol. The molecule has 4 rings (SSSR count). The van der Waals surface area contributed by atoms with Gasteiger partial charge in [-0.1, -0.05) is 31.2 Å². The minimum Gasteiger partial charge on any atom is -0.497 e. The third-order valence-electron chi connectivity index (χ3n) is 7.59. The van der Waals surface area contributed by atoms with E-state index in [4.69, 9.17) is 10.5 Å². The molecule has 3 amide bonds. The second kappa shape index (κ2) is 16.2. The molecule has 51 heavy (non-hydrogen) atoms. The SMILES string of the molecule is CCCNC(=O)[C@H](CCCN)NC(=O)c1cc(OC)ccc1-n1nc(C(F)(F)F)cc1C(=O)Nc1ccc(-c2ccccc2S(C)(=O)=O)cc1F. The second-order valence-corrected chi connectivity index (χ2v) is 13.4. The summed E-state index contributed by atoms with van der Waals surface area (Å²) in [5.41, 5.74) is 2.77. The standard InChI is InChI=1S/C34H36F4N6O6S/c1-4-16-40-32(46)26(9-7-15-39)42-31(45)23-18-21(50-2)12-14-27(23)44-28(19-30(43-44)34(36,37)38)33(47)41-25-13-11-20(17-24(25)35)22-8-5-6-10-29(22)51(3,48)49/h5-6,8,10-14,17-19,26H,4,7,9,15-16,39H2,1-3H3,(H,40,46)(H,41,47)(H,42,45)/t26-/m0/s1. The number of hydrogen-bond donors (Lipinski definition) is 4. The van der Waals surface area contributed by atoms with Crippen LogP contribution in [0.25, 0.3) is 16.8 Å². The van der Waals surface area contributed by atoms with Crippen molar-refractivity contribution < 1.29 is 45.1 Å². The molecule has 0 aliphatic rings. The van der Waals surface area contributed by atoms with Crippen LogP contribution in [0.1, 0.15) is 52.7 Å². The minimum atomic E-state index is -5.03. The largest absolute Gasteiger partial charge is 0.497 e. The third kappa shape index (κ3) is 9.29. The molecule has 272 valence electrons. The van der Waals surface area contributed by atoms with Crippen molar-refractivity contribution in [2.24, 2.45) is 5.73 Å². The number of hydrogen-bond acceptors (Lipinski definition) is 8. The van der Waals surface area contributed by atoms with Crippen LogP contribution in [0, 0.1) is 5.82 Å². The highest BCUT2D eigenvalue weighted by Gasteiger charge is 2.37. The van der Waals surface area contributed by atoms with Gasteiger partial charge in [-0.05, 0) is 67.8 Å². The number of rotatable bonds is 14. The van der Waals surface area contributed by atoms with Gasteiger partial charge in [0.15, 0.2) is 15.5 Å². The van der Waals surface area contributed by atoms with Crippen LogP contribution in [0.15, 0.2) is 71.6 Å². The quantitative estimate of drug-likeness (QED) is 0.135. The minimum absolute atomic E-state index is 0.0589. The number of ether oxygens (including phenoxy) is 1. The van der Waals surface area contributed by atoms with Crippen molar-refractivity contribution in [3.8, 4) is 22.6 Å². The zero-order chi connectivity index (χ0) is 37.5. The summed E-state index contributed by atoms with van der Waals surface area (Å²) in [6.07, 6.45) is -2.87. The second-order valence-electron chi connectivity index (χ2n) is 11.4. The summed E-state index contributed by atoms with van der Waals surface area (Å²) in [5, 5.41) is 11.1. The normalized spacial score (nSPS) is 12.2. The van der Waals surface area contributed by atoms with Gasteiger partial charge in [-0.25, -0.2) is 17.5 Å². The summed E-state index contributed by atoms with van der Waals surface area (Å²) in [4.78, 5) is 40.0. The molecule has 0 saturated heterocycles. The Balaban J connectivity index is 1.75. The molecule has 0 aliphatic heterocycles. The van der Waals surface area contributed by atoms with E-state index in [1.54, 1.807) is 6.07 Å². The fourth-order valence-corrected chi connectivity index (χ4v) is 5.98. The number of aromatic nitrogens is 2. The molecule has 4 aromatic rings. The highest BCUT2D eigenvalue weighted by Crippen LogP contribution is 2.33. The van der Waals surface area contributed by atoms with E-state index in [0.717, 1.165) is 18.4 Å². The van der Waals surface area contributed by atoms with Crippen molar-refractivity contribution in [3.63, 3.8) is 0 Å².